The topological polar surface area (TPSA) is 97.1 Å². The van der Waals surface area contributed by atoms with E-state index in [1.165, 1.54) is 28.4 Å². The standard InChI is InChI=1S/C20H22NO6/c1-24-15-7-5-12(9-17(15)26-3)14(11-22)19(20(21)23)13-6-8-16(25-2)18(10-13)27-4/h5-10,14,19H,1-4H3,(H2,21,23)/t14?,19-/m0/s1. The first-order chi connectivity index (χ1) is 13.0. The lowest BCUT2D eigenvalue weighted by Gasteiger charge is -2.22. The minimum Gasteiger partial charge on any atom is -0.493 e. The lowest BCUT2D eigenvalue weighted by Crippen LogP contribution is -2.28. The van der Waals surface area contributed by atoms with Gasteiger partial charge in [0.1, 0.15) is 0 Å². The van der Waals surface area contributed by atoms with Crippen LogP contribution in [-0.4, -0.2) is 40.6 Å². The van der Waals surface area contributed by atoms with Crippen molar-refractivity contribution in [1.29, 1.82) is 0 Å². The summed E-state index contributed by atoms with van der Waals surface area (Å²) in [6, 6.07) is 9.91. The summed E-state index contributed by atoms with van der Waals surface area (Å²) in [4.78, 5) is 24.0. The van der Waals surface area contributed by atoms with Gasteiger partial charge in [-0.25, -0.2) is 0 Å². The molecule has 2 atom stereocenters. The maximum Gasteiger partial charge on any atom is 0.226 e. The van der Waals surface area contributed by atoms with Crippen LogP contribution in [0.2, 0.25) is 0 Å². The SMILES string of the molecule is COc1ccc(C([C]=O)[C@@H](C(N)=O)c2ccc(OC)c(OC)c2)cc1OC. The van der Waals surface area contributed by atoms with E-state index in [-0.39, 0.29) is 0 Å². The highest BCUT2D eigenvalue weighted by Crippen LogP contribution is 2.39. The molecule has 0 aliphatic rings. The summed E-state index contributed by atoms with van der Waals surface area (Å²) in [5, 5.41) is 0. The maximum atomic E-state index is 12.2. The summed E-state index contributed by atoms with van der Waals surface area (Å²) in [6.07, 6.45) is 1.93. The number of methoxy groups -OCH3 is 4. The van der Waals surface area contributed by atoms with Gasteiger partial charge >= 0.3 is 0 Å². The van der Waals surface area contributed by atoms with E-state index in [1.807, 2.05) is 6.29 Å². The van der Waals surface area contributed by atoms with E-state index in [0.29, 0.717) is 34.1 Å². The van der Waals surface area contributed by atoms with Crippen LogP contribution in [0.3, 0.4) is 0 Å². The van der Waals surface area contributed by atoms with Gasteiger partial charge in [-0.05, 0) is 35.4 Å². The number of ether oxygens (including phenoxy) is 4. The molecule has 0 aliphatic carbocycles. The molecule has 0 spiro atoms. The van der Waals surface area contributed by atoms with Crippen LogP contribution >= 0.6 is 0 Å². The summed E-state index contributed by atoms with van der Waals surface area (Å²) >= 11 is 0. The highest BCUT2D eigenvalue weighted by molar-refractivity contribution is 5.88. The average Bonchev–Trinajstić information content (AvgIpc) is 2.70. The van der Waals surface area contributed by atoms with E-state index in [1.54, 1.807) is 36.4 Å². The van der Waals surface area contributed by atoms with Crippen molar-refractivity contribution in [3.8, 4) is 23.0 Å². The van der Waals surface area contributed by atoms with Crippen molar-refractivity contribution in [2.75, 3.05) is 28.4 Å². The van der Waals surface area contributed by atoms with Crippen LogP contribution in [0.5, 0.6) is 23.0 Å². The predicted octanol–water partition coefficient (Wildman–Crippen LogP) is 2.18. The third-order valence-corrected chi connectivity index (χ3v) is 4.30. The number of hydrogen-bond donors (Lipinski definition) is 1. The van der Waals surface area contributed by atoms with Crippen molar-refractivity contribution in [2.24, 2.45) is 5.73 Å². The Morgan fingerprint density at radius 1 is 0.815 bits per heavy atom. The number of nitrogens with two attached hydrogens (primary N) is 1. The Labute approximate surface area is 158 Å². The van der Waals surface area contributed by atoms with Crippen LogP contribution in [-0.2, 0) is 9.59 Å². The summed E-state index contributed by atoms with van der Waals surface area (Å²) in [5.41, 5.74) is 6.67. The molecule has 1 radical (unpaired) electrons. The second-order valence-corrected chi connectivity index (χ2v) is 5.70. The number of primary amides is 1. The van der Waals surface area contributed by atoms with Crippen LogP contribution < -0.4 is 24.7 Å². The van der Waals surface area contributed by atoms with Gasteiger partial charge in [-0.1, -0.05) is 12.1 Å². The zero-order valence-corrected chi connectivity index (χ0v) is 15.6. The summed E-state index contributed by atoms with van der Waals surface area (Å²) in [5.74, 6) is -0.662. The molecule has 0 aliphatic heterocycles. The van der Waals surface area contributed by atoms with Gasteiger partial charge in [0.05, 0.1) is 40.3 Å². The Morgan fingerprint density at radius 2 is 1.26 bits per heavy atom. The lowest BCUT2D eigenvalue weighted by molar-refractivity contribution is -0.119. The Balaban J connectivity index is 2.54. The molecule has 1 unspecified atom stereocenters. The maximum absolute atomic E-state index is 12.2. The molecule has 2 N–H and O–H groups in total. The molecule has 0 heterocycles. The van der Waals surface area contributed by atoms with Crippen molar-refractivity contribution in [3.05, 3.63) is 47.5 Å². The zero-order valence-electron chi connectivity index (χ0n) is 15.6. The van der Waals surface area contributed by atoms with E-state index < -0.39 is 17.7 Å². The number of carbonyl (C=O) groups excluding carboxylic acids is 2. The molecule has 2 rings (SSSR count). The van der Waals surface area contributed by atoms with E-state index in [2.05, 4.69) is 0 Å². The van der Waals surface area contributed by atoms with Gasteiger partial charge in [0.15, 0.2) is 23.0 Å². The van der Waals surface area contributed by atoms with E-state index in [4.69, 9.17) is 24.7 Å². The Morgan fingerprint density at radius 3 is 1.67 bits per heavy atom. The number of rotatable bonds is 9. The first-order valence-electron chi connectivity index (χ1n) is 8.11. The monoisotopic (exact) mass is 372 g/mol. The Hall–Kier alpha value is -3.22. The molecule has 0 aromatic heterocycles. The number of amides is 1. The third kappa shape index (κ3) is 4.13. The highest BCUT2D eigenvalue weighted by atomic mass is 16.5. The smallest absolute Gasteiger partial charge is 0.226 e. The summed E-state index contributed by atoms with van der Waals surface area (Å²) in [6.45, 7) is 0. The molecule has 27 heavy (non-hydrogen) atoms. The normalized spacial score (nSPS) is 12.6. The summed E-state index contributed by atoms with van der Waals surface area (Å²) < 4.78 is 21.0. The second-order valence-electron chi connectivity index (χ2n) is 5.70. The molecule has 143 valence electrons. The quantitative estimate of drug-likeness (QED) is 0.725. The van der Waals surface area contributed by atoms with Crippen molar-refractivity contribution >= 4 is 12.2 Å². The largest absolute Gasteiger partial charge is 0.493 e. The van der Waals surface area contributed by atoms with Crippen LogP contribution in [0, 0.1) is 0 Å². The van der Waals surface area contributed by atoms with E-state index in [0.717, 1.165) is 0 Å². The first kappa shape index (κ1) is 20.1. The lowest BCUT2D eigenvalue weighted by atomic mass is 9.81. The van der Waals surface area contributed by atoms with Crippen molar-refractivity contribution in [3.63, 3.8) is 0 Å². The second kappa shape index (κ2) is 8.93. The van der Waals surface area contributed by atoms with Crippen LogP contribution in [0.1, 0.15) is 23.0 Å². The third-order valence-electron chi connectivity index (χ3n) is 4.30. The minimum absolute atomic E-state index is 0.429. The molecule has 2 aromatic carbocycles. The van der Waals surface area contributed by atoms with Crippen molar-refractivity contribution in [1.82, 2.24) is 0 Å². The average molecular weight is 372 g/mol. The number of carbonyl (C=O) groups is 1. The van der Waals surface area contributed by atoms with Gasteiger partial charge in [-0.15, -0.1) is 0 Å². The molecule has 0 fully saturated rings. The Kier molecular flexibility index (Phi) is 6.65. The first-order valence-corrected chi connectivity index (χ1v) is 8.11. The molecule has 2 aromatic rings. The predicted molar refractivity (Wildman–Crippen MR) is 99.5 cm³/mol. The van der Waals surface area contributed by atoms with E-state index in [9.17, 15) is 9.59 Å². The van der Waals surface area contributed by atoms with Crippen LogP contribution in [0.25, 0.3) is 0 Å². The molecule has 0 bridgehead atoms. The Bertz CT molecular complexity index is 820. The number of hydrogen-bond acceptors (Lipinski definition) is 6. The van der Waals surface area contributed by atoms with Crippen LogP contribution in [0.4, 0.5) is 0 Å². The number of benzene rings is 2. The van der Waals surface area contributed by atoms with Gasteiger partial charge in [-0.2, -0.15) is 0 Å². The minimum atomic E-state index is -0.944. The van der Waals surface area contributed by atoms with Gasteiger partial charge in [0.2, 0.25) is 12.2 Å². The molecular formula is C20H22NO6. The van der Waals surface area contributed by atoms with Gasteiger partial charge in [0.25, 0.3) is 0 Å². The van der Waals surface area contributed by atoms with Gasteiger partial charge < -0.3 is 24.7 Å². The molecule has 1 amide bonds. The fourth-order valence-electron chi connectivity index (χ4n) is 2.94. The fraction of sp³-hybridized carbons (Fsp3) is 0.300. The molecule has 7 nitrogen and oxygen atoms in total. The molecule has 7 heteroatoms. The fourth-order valence-corrected chi connectivity index (χ4v) is 2.94. The van der Waals surface area contributed by atoms with Crippen molar-refractivity contribution in [2.45, 2.75) is 11.8 Å². The van der Waals surface area contributed by atoms with Gasteiger partial charge in [-0.3, -0.25) is 9.59 Å². The van der Waals surface area contributed by atoms with Crippen LogP contribution in [0.15, 0.2) is 36.4 Å². The molecular weight excluding hydrogens is 350 g/mol. The van der Waals surface area contributed by atoms with Crippen molar-refractivity contribution < 1.29 is 28.5 Å². The highest BCUT2D eigenvalue weighted by Gasteiger charge is 2.31. The van der Waals surface area contributed by atoms with Gasteiger partial charge in [0, 0.05) is 0 Å². The molecule has 0 saturated heterocycles. The molecule has 0 saturated carbocycles. The van der Waals surface area contributed by atoms with E-state index >= 15 is 0 Å². The zero-order chi connectivity index (χ0) is 20.0. The summed E-state index contributed by atoms with van der Waals surface area (Å²) in [7, 11) is 5.99.